The Balaban J connectivity index is 2.79. The zero-order valence-electron chi connectivity index (χ0n) is 7.84. The van der Waals surface area contributed by atoms with Gasteiger partial charge in [0.25, 0.3) is 0 Å². The molecule has 3 heteroatoms. The van der Waals surface area contributed by atoms with Crippen LogP contribution >= 0.6 is 23.4 Å². The Bertz CT molecular complexity index is 276. The van der Waals surface area contributed by atoms with Crippen LogP contribution in [0.15, 0.2) is 23.1 Å². The molecule has 0 aliphatic rings. The molecule has 0 heterocycles. The van der Waals surface area contributed by atoms with Crippen LogP contribution in [0.4, 0.5) is 0 Å². The van der Waals surface area contributed by atoms with E-state index in [1.165, 1.54) is 0 Å². The van der Waals surface area contributed by atoms with Crippen LogP contribution in [-0.4, -0.2) is 12.9 Å². The third-order valence-corrected chi connectivity index (χ3v) is 2.58. The molecule has 0 radical (unpaired) electrons. The molecular formula is C10H13ClOS. The van der Waals surface area contributed by atoms with Gasteiger partial charge in [0.1, 0.15) is 5.75 Å². The Morgan fingerprint density at radius 1 is 1.46 bits per heavy atom. The summed E-state index contributed by atoms with van der Waals surface area (Å²) in [7, 11) is 0. The Kier molecular flexibility index (Phi) is 4.46. The van der Waals surface area contributed by atoms with Gasteiger partial charge < -0.3 is 4.74 Å². The lowest BCUT2D eigenvalue weighted by Gasteiger charge is -2.08. The summed E-state index contributed by atoms with van der Waals surface area (Å²) < 4.78 is 5.55. The fourth-order valence-corrected chi connectivity index (χ4v) is 1.78. The molecule has 0 saturated heterocycles. The first-order valence-corrected chi connectivity index (χ1v) is 5.84. The van der Waals surface area contributed by atoms with E-state index >= 15 is 0 Å². The van der Waals surface area contributed by atoms with Gasteiger partial charge in [-0.05, 0) is 30.9 Å². The predicted octanol–water partition coefficient (Wildman–Crippen LogP) is 3.85. The molecule has 13 heavy (non-hydrogen) atoms. The summed E-state index contributed by atoms with van der Waals surface area (Å²) in [5.74, 6) is 0.929. The van der Waals surface area contributed by atoms with Gasteiger partial charge in [-0.3, -0.25) is 0 Å². The second-order valence-corrected chi connectivity index (χ2v) is 3.93. The lowest BCUT2D eigenvalue weighted by atomic mass is 10.3. The summed E-state index contributed by atoms with van der Waals surface area (Å²) in [5, 5.41) is 0.758. The molecule has 0 amide bonds. The molecule has 0 fully saturated rings. The zero-order valence-corrected chi connectivity index (χ0v) is 9.41. The normalized spacial score (nSPS) is 10.1. The maximum absolute atomic E-state index is 5.86. The van der Waals surface area contributed by atoms with Gasteiger partial charge in [0, 0.05) is 5.02 Å². The molecule has 0 spiro atoms. The first-order valence-electron chi connectivity index (χ1n) is 4.24. The fraction of sp³-hybridized carbons (Fsp3) is 0.400. The number of ether oxygens (including phenoxy) is 1. The van der Waals surface area contributed by atoms with E-state index in [0.29, 0.717) is 0 Å². The highest BCUT2D eigenvalue weighted by Gasteiger charge is 2.02. The first kappa shape index (κ1) is 10.7. The lowest BCUT2D eigenvalue weighted by molar-refractivity contribution is 0.310. The van der Waals surface area contributed by atoms with Crippen LogP contribution < -0.4 is 4.74 Å². The molecule has 0 aromatic heterocycles. The van der Waals surface area contributed by atoms with E-state index in [1.807, 2.05) is 24.5 Å². The summed E-state index contributed by atoms with van der Waals surface area (Å²) >= 11 is 7.51. The molecule has 1 rings (SSSR count). The zero-order chi connectivity index (χ0) is 9.68. The van der Waals surface area contributed by atoms with E-state index in [9.17, 15) is 0 Å². The average molecular weight is 217 g/mol. The maximum Gasteiger partial charge on any atom is 0.132 e. The number of hydrogen-bond donors (Lipinski definition) is 0. The minimum absolute atomic E-state index is 0.758. The van der Waals surface area contributed by atoms with Crippen LogP contribution in [0.1, 0.15) is 13.3 Å². The molecule has 1 aromatic carbocycles. The van der Waals surface area contributed by atoms with E-state index in [0.717, 1.165) is 28.7 Å². The van der Waals surface area contributed by atoms with Crippen LogP contribution in [-0.2, 0) is 0 Å². The van der Waals surface area contributed by atoms with Gasteiger partial charge in [-0.2, -0.15) is 0 Å². The predicted molar refractivity (Wildman–Crippen MR) is 59.0 cm³/mol. The molecule has 0 aliphatic heterocycles. The third-order valence-electron chi connectivity index (χ3n) is 1.59. The van der Waals surface area contributed by atoms with Gasteiger partial charge in [0.15, 0.2) is 0 Å². The van der Waals surface area contributed by atoms with Crippen LogP contribution in [0, 0.1) is 0 Å². The van der Waals surface area contributed by atoms with Gasteiger partial charge in [0.2, 0.25) is 0 Å². The minimum atomic E-state index is 0.758. The lowest BCUT2D eigenvalue weighted by Crippen LogP contribution is -1.95. The largest absolute Gasteiger partial charge is 0.492 e. The second kappa shape index (κ2) is 5.40. The number of rotatable bonds is 4. The monoisotopic (exact) mass is 216 g/mol. The minimum Gasteiger partial charge on any atom is -0.492 e. The quantitative estimate of drug-likeness (QED) is 0.708. The van der Waals surface area contributed by atoms with Crippen LogP contribution in [0.5, 0.6) is 5.75 Å². The molecule has 72 valence electrons. The molecule has 0 aliphatic carbocycles. The summed E-state index contributed by atoms with van der Waals surface area (Å²) in [4.78, 5) is 1.10. The molecule has 0 atom stereocenters. The molecule has 0 saturated carbocycles. The van der Waals surface area contributed by atoms with Crippen molar-refractivity contribution in [2.75, 3.05) is 12.9 Å². The fourth-order valence-electron chi connectivity index (χ4n) is 0.973. The SMILES string of the molecule is CCCOc1ccc(Cl)cc1SC. The van der Waals surface area contributed by atoms with Crippen molar-refractivity contribution in [2.24, 2.45) is 0 Å². The average Bonchev–Trinajstić information content (AvgIpc) is 2.16. The van der Waals surface area contributed by atoms with Crippen molar-refractivity contribution >= 4 is 23.4 Å². The highest BCUT2D eigenvalue weighted by Crippen LogP contribution is 2.30. The van der Waals surface area contributed by atoms with Gasteiger partial charge >= 0.3 is 0 Å². The van der Waals surface area contributed by atoms with Crippen molar-refractivity contribution in [3.8, 4) is 5.75 Å². The molecule has 0 unspecified atom stereocenters. The van der Waals surface area contributed by atoms with Crippen molar-refractivity contribution in [3.63, 3.8) is 0 Å². The van der Waals surface area contributed by atoms with E-state index in [2.05, 4.69) is 6.92 Å². The molecule has 1 aromatic rings. The van der Waals surface area contributed by atoms with Crippen molar-refractivity contribution in [2.45, 2.75) is 18.2 Å². The molecule has 1 nitrogen and oxygen atoms in total. The van der Waals surface area contributed by atoms with Crippen LogP contribution in [0.25, 0.3) is 0 Å². The van der Waals surface area contributed by atoms with Gasteiger partial charge in [-0.25, -0.2) is 0 Å². The number of benzene rings is 1. The smallest absolute Gasteiger partial charge is 0.132 e. The molecule has 0 bridgehead atoms. The van der Waals surface area contributed by atoms with E-state index in [1.54, 1.807) is 11.8 Å². The highest BCUT2D eigenvalue weighted by atomic mass is 35.5. The van der Waals surface area contributed by atoms with E-state index in [4.69, 9.17) is 16.3 Å². The maximum atomic E-state index is 5.86. The number of hydrogen-bond acceptors (Lipinski definition) is 2. The van der Waals surface area contributed by atoms with E-state index < -0.39 is 0 Å². The Labute approximate surface area is 88.4 Å². The molecular weight excluding hydrogens is 204 g/mol. The third kappa shape index (κ3) is 3.12. The first-order chi connectivity index (χ1) is 6.27. The summed E-state index contributed by atoms with van der Waals surface area (Å²) in [6.07, 6.45) is 3.04. The van der Waals surface area contributed by atoms with Gasteiger partial charge in [0.05, 0.1) is 11.5 Å². The number of thioether (sulfide) groups is 1. The van der Waals surface area contributed by atoms with E-state index in [-0.39, 0.29) is 0 Å². The summed E-state index contributed by atoms with van der Waals surface area (Å²) in [5.41, 5.74) is 0. The van der Waals surface area contributed by atoms with Crippen LogP contribution in [0.3, 0.4) is 0 Å². The second-order valence-electron chi connectivity index (χ2n) is 2.64. The Morgan fingerprint density at radius 2 is 2.23 bits per heavy atom. The topological polar surface area (TPSA) is 9.23 Å². The summed E-state index contributed by atoms with van der Waals surface area (Å²) in [6, 6.07) is 5.70. The van der Waals surface area contributed by atoms with Crippen LogP contribution in [0.2, 0.25) is 5.02 Å². The number of halogens is 1. The summed E-state index contributed by atoms with van der Waals surface area (Å²) in [6.45, 7) is 2.85. The Morgan fingerprint density at radius 3 is 2.85 bits per heavy atom. The van der Waals surface area contributed by atoms with Gasteiger partial charge in [-0.15, -0.1) is 11.8 Å². The van der Waals surface area contributed by atoms with Crippen molar-refractivity contribution in [1.82, 2.24) is 0 Å². The van der Waals surface area contributed by atoms with Crippen molar-refractivity contribution in [3.05, 3.63) is 23.2 Å². The highest BCUT2D eigenvalue weighted by molar-refractivity contribution is 7.98. The van der Waals surface area contributed by atoms with Crippen molar-refractivity contribution in [1.29, 1.82) is 0 Å². The van der Waals surface area contributed by atoms with Gasteiger partial charge in [-0.1, -0.05) is 18.5 Å². The standard InChI is InChI=1S/C10H13ClOS/c1-3-6-12-9-5-4-8(11)7-10(9)13-2/h4-5,7H,3,6H2,1-2H3. The Hall–Kier alpha value is -0.340. The molecule has 0 N–H and O–H groups in total. The van der Waals surface area contributed by atoms with Crippen molar-refractivity contribution < 1.29 is 4.74 Å².